The second-order valence-corrected chi connectivity index (χ2v) is 5.63. The summed E-state index contributed by atoms with van der Waals surface area (Å²) < 4.78 is 0. The smallest absolute Gasteiger partial charge is 0.0162 e. The van der Waals surface area contributed by atoms with Crippen molar-refractivity contribution in [3.8, 4) is 0 Å². The molecule has 0 spiro atoms. The van der Waals surface area contributed by atoms with E-state index in [0.717, 1.165) is 25.9 Å². The van der Waals surface area contributed by atoms with Gasteiger partial charge in [-0.2, -0.15) is 0 Å². The Morgan fingerprint density at radius 1 is 1.47 bits per heavy atom. The monoisotopic (exact) mass is 226 g/mol. The van der Waals surface area contributed by atoms with Gasteiger partial charge >= 0.3 is 0 Å². The van der Waals surface area contributed by atoms with E-state index in [2.05, 4.69) is 43.3 Å². The predicted octanol–water partition coefficient (Wildman–Crippen LogP) is 2.35. The fraction of sp³-hybridized carbons (Fsp3) is 0.667. The Bertz CT molecular complexity index is 267. The molecule has 3 heteroatoms. The predicted molar refractivity (Wildman–Crippen MR) is 68.4 cm³/mol. The third kappa shape index (κ3) is 3.93. The van der Waals surface area contributed by atoms with Crippen molar-refractivity contribution in [1.82, 2.24) is 4.90 Å². The van der Waals surface area contributed by atoms with Crippen LogP contribution in [0.3, 0.4) is 0 Å². The summed E-state index contributed by atoms with van der Waals surface area (Å²) in [4.78, 5) is 3.87. The fourth-order valence-electron chi connectivity index (χ4n) is 1.58. The Morgan fingerprint density at radius 3 is 2.73 bits per heavy atom. The number of hydrogen-bond donors (Lipinski definition) is 1. The number of nitrogens with two attached hydrogens (primary N) is 1. The SMILES string of the molecule is CN(CCc1cccs1)C(C)(C)CCN. The summed E-state index contributed by atoms with van der Waals surface area (Å²) in [6, 6.07) is 4.32. The van der Waals surface area contributed by atoms with Crippen molar-refractivity contribution >= 4 is 11.3 Å². The van der Waals surface area contributed by atoms with Crippen molar-refractivity contribution in [1.29, 1.82) is 0 Å². The molecule has 0 aliphatic heterocycles. The quantitative estimate of drug-likeness (QED) is 0.807. The van der Waals surface area contributed by atoms with Crippen LogP contribution in [0, 0.1) is 0 Å². The lowest BCUT2D eigenvalue weighted by molar-refractivity contribution is 0.150. The second kappa shape index (κ2) is 5.64. The van der Waals surface area contributed by atoms with E-state index in [1.807, 2.05) is 11.3 Å². The lowest BCUT2D eigenvalue weighted by atomic mass is 9.98. The van der Waals surface area contributed by atoms with E-state index >= 15 is 0 Å². The molecule has 0 atom stereocenters. The number of nitrogens with zero attached hydrogens (tertiary/aromatic N) is 1. The summed E-state index contributed by atoms with van der Waals surface area (Å²) >= 11 is 1.84. The molecule has 86 valence electrons. The molecule has 1 aromatic heterocycles. The van der Waals surface area contributed by atoms with Crippen LogP contribution in [0.4, 0.5) is 0 Å². The first-order valence-electron chi connectivity index (χ1n) is 5.50. The minimum atomic E-state index is 0.214. The van der Waals surface area contributed by atoms with E-state index in [1.54, 1.807) is 0 Å². The number of hydrogen-bond acceptors (Lipinski definition) is 3. The van der Waals surface area contributed by atoms with Gasteiger partial charge in [0.2, 0.25) is 0 Å². The summed E-state index contributed by atoms with van der Waals surface area (Å²) in [6.45, 7) is 6.38. The van der Waals surface area contributed by atoms with Gasteiger partial charge in [-0.3, -0.25) is 0 Å². The normalized spacial score (nSPS) is 12.3. The van der Waals surface area contributed by atoms with Gasteiger partial charge in [0.15, 0.2) is 0 Å². The lowest BCUT2D eigenvalue weighted by Gasteiger charge is -2.35. The number of rotatable bonds is 6. The standard InChI is InChI=1S/C12H22N2S/c1-12(2,7-8-13)14(3)9-6-11-5-4-10-15-11/h4-5,10H,6-9,13H2,1-3H3. The first-order chi connectivity index (χ1) is 7.06. The maximum atomic E-state index is 5.62. The summed E-state index contributed by atoms with van der Waals surface area (Å²) in [6.07, 6.45) is 2.19. The van der Waals surface area contributed by atoms with E-state index in [9.17, 15) is 0 Å². The highest BCUT2D eigenvalue weighted by Gasteiger charge is 2.21. The molecule has 2 nitrogen and oxygen atoms in total. The van der Waals surface area contributed by atoms with Crippen LogP contribution in [0.5, 0.6) is 0 Å². The Kier molecular flexibility index (Phi) is 4.77. The van der Waals surface area contributed by atoms with Crippen LogP contribution < -0.4 is 5.73 Å². The molecule has 0 saturated carbocycles. The Hall–Kier alpha value is -0.380. The van der Waals surface area contributed by atoms with Crippen LogP contribution in [-0.2, 0) is 6.42 Å². The zero-order valence-electron chi connectivity index (χ0n) is 9.99. The van der Waals surface area contributed by atoms with Gasteiger partial charge in [0.1, 0.15) is 0 Å². The molecule has 0 unspecified atom stereocenters. The maximum absolute atomic E-state index is 5.62. The molecule has 2 N–H and O–H groups in total. The van der Waals surface area contributed by atoms with Gasteiger partial charge in [-0.25, -0.2) is 0 Å². The summed E-state index contributed by atoms with van der Waals surface area (Å²) in [5.41, 5.74) is 5.83. The van der Waals surface area contributed by atoms with E-state index in [1.165, 1.54) is 4.88 Å². The van der Waals surface area contributed by atoms with Gasteiger partial charge in [0.25, 0.3) is 0 Å². The van der Waals surface area contributed by atoms with Gasteiger partial charge in [0.05, 0.1) is 0 Å². The number of thiophene rings is 1. The molecule has 1 rings (SSSR count). The third-order valence-corrected chi connectivity index (χ3v) is 4.00. The van der Waals surface area contributed by atoms with Crippen molar-refractivity contribution in [3.63, 3.8) is 0 Å². The van der Waals surface area contributed by atoms with Gasteiger partial charge in [-0.15, -0.1) is 11.3 Å². The van der Waals surface area contributed by atoms with Gasteiger partial charge in [-0.1, -0.05) is 6.07 Å². The first-order valence-corrected chi connectivity index (χ1v) is 6.38. The van der Waals surface area contributed by atoms with Crippen LogP contribution >= 0.6 is 11.3 Å². The molecule has 0 aliphatic carbocycles. The molecule has 0 aromatic carbocycles. The first kappa shape index (κ1) is 12.7. The van der Waals surface area contributed by atoms with E-state index < -0.39 is 0 Å². The highest BCUT2D eigenvalue weighted by atomic mass is 32.1. The summed E-state index contributed by atoms with van der Waals surface area (Å²) in [5.74, 6) is 0. The Morgan fingerprint density at radius 2 is 2.20 bits per heavy atom. The van der Waals surface area contributed by atoms with Crippen molar-refractivity contribution in [3.05, 3.63) is 22.4 Å². The Balaban J connectivity index is 2.38. The summed E-state index contributed by atoms with van der Waals surface area (Å²) in [7, 11) is 2.18. The van der Waals surface area contributed by atoms with Crippen molar-refractivity contribution in [2.45, 2.75) is 32.2 Å². The highest BCUT2D eigenvalue weighted by Crippen LogP contribution is 2.17. The topological polar surface area (TPSA) is 29.3 Å². The van der Waals surface area contributed by atoms with Crippen LogP contribution in [0.25, 0.3) is 0 Å². The average Bonchev–Trinajstić information content (AvgIpc) is 2.66. The molecule has 1 heterocycles. The molecular formula is C12H22N2S. The van der Waals surface area contributed by atoms with Crippen LogP contribution in [0.15, 0.2) is 17.5 Å². The minimum absolute atomic E-state index is 0.214. The highest BCUT2D eigenvalue weighted by molar-refractivity contribution is 7.09. The van der Waals surface area contributed by atoms with Gasteiger partial charge < -0.3 is 10.6 Å². The van der Waals surface area contributed by atoms with Crippen LogP contribution in [0.2, 0.25) is 0 Å². The molecule has 1 aromatic rings. The largest absolute Gasteiger partial charge is 0.330 e. The van der Waals surface area contributed by atoms with E-state index in [4.69, 9.17) is 5.73 Å². The number of likely N-dealkylation sites (N-methyl/N-ethyl adjacent to an activating group) is 1. The van der Waals surface area contributed by atoms with Crippen LogP contribution in [0.1, 0.15) is 25.1 Å². The van der Waals surface area contributed by atoms with Crippen LogP contribution in [-0.4, -0.2) is 30.6 Å². The fourth-order valence-corrected chi connectivity index (χ4v) is 2.28. The van der Waals surface area contributed by atoms with Gasteiger partial charge in [-0.05, 0) is 51.7 Å². The molecule has 0 aliphatic rings. The Labute approximate surface area is 97.1 Å². The molecule has 0 radical (unpaired) electrons. The van der Waals surface area contributed by atoms with Crippen molar-refractivity contribution in [2.75, 3.05) is 20.1 Å². The molecular weight excluding hydrogens is 204 g/mol. The van der Waals surface area contributed by atoms with Crippen molar-refractivity contribution < 1.29 is 0 Å². The zero-order valence-corrected chi connectivity index (χ0v) is 10.8. The molecule has 0 bridgehead atoms. The molecule has 0 saturated heterocycles. The third-order valence-electron chi connectivity index (χ3n) is 3.06. The minimum Gasteiger partial charge on any atom is -0.330 e. The second-order valence-electron chi connectivity index (χ2n) is 4.60. The van der Waals surface area contributed by atoms with E-state index in [-0.39, 0.29) is 5.54 Å². The van der Waals surface area contributed by atoms with E-state index in [0.29, 0.717) is 0 Å². The average molecular weight is 226 g/mol. The maximum Gasteiger partial charge on any atom is 0.0162 e. The molecule has 15 heavy (non-hydrogen) atoms. The lowest BCUT2D eigenvalue weighted by Crippen LogP contribution is -2.43. The molecule has 0 fully saturated rings. The molecule has 0 amide bonds. The van der Waals surface area contributed by atoms with Gasteiger partial charge in [0, 0.05) is 17.0 Å². The van der Waals surface area contributed by atoms with Crippen molar-refractivity contribution in [2.24, 2.45) is 5.73 Å². The zero-order chi connectivity index (χ0) is 11.3. The summed E-state index contributed by atoms with van der Waals surface area (Å²) in [5, 5.41) is 2.14.